The maximum atomic E-state index is 12.0. The van der Waals surface area contributed by atoms with E-state index in [0.717, 1.165) is 32.0 Å². The van der Waals surface area contributed by atoms with Crippen LogP contribution in [-0.2, 0) is 4.74 Å². The molecule has 2 unspecified atom stereocenters. The van der Waals surface area contributed by atoms with Gasteiger partial charge in [0.25, 0.3) is 0 Å². The van der Waals surface area contributed by atoms with Crippen molar-refractivity contribution in [1.82, 2.24) is 10.2 Å². The van der Waals surface area contributed by atoms with Crippen LogP contribution in [0.5, 0.6) is 0 Å². The predicted molar refractivity (Wildman–Crippen MR) is 76.3 cm³/mol. The average Bonchev–Trinajstić information content (AvgIpc) is 3.19. The molecule has 2 aliphatic rings. The quantitative estimate of drug-likeness (QED) is 0.764. The minimum atomic E-state index is -4.22. The molecule has 0 bridgehead atoms. The van der Waals surface area contributed by atoms with E-state index >= 15 is 0 Å². The Labute approximate surface area is 125 Å². The third kappa shape index (κ3) is 5.42. The summed E-state index contributed by atoms with van der Waals surface area (Å²) in [5, 5.41) is 3.68. The lowest BCUT2D eigenvalue weighted by molar-refractivity contribution is -0.174. The first-order valence-electron chi connectivity index (χ1n) is 7.94. The molecule has 0 aromatic heterocycles. The van der Waals surface area contributed by atoms with Crippen molar-refractivity contribution in [2.45, 2.75) is 57.3 Å². The molecule has 0 spiro atoms. The van der Waals surface area contributed by atoms with Gasteiger partial charge in [0.1, 0.15) is 6.61 Å². The smallest absolute Gasteiger partial charge is 0.372 e. The molecule has 0 radical (unpaired) electrons. The fraction of sp³-hybridized carbons (Fsp3) is 1.00. The summed E-state index contributed by atoms with van der Waals surface area (Å²) in [5.74, 6) is 0.756. The van der Waals surface area contributed by atoms with Crippen molar-refractivity contribution in [3.63, 3.8) is 0 Å². The van der Waals surface area contributed by atoms with Gasteiger partial charge < -0.3 is 10.1 Å². The highest BCUT2D eigenvalue weighted by molar-refractivity contribution is 5.01. The molecule has 1 N–H and O–H groups in total. The summed E-state index contributed by atoms with van der Waals surface area (Å²) in [5.41, 5.74) is 0.164. The molecule has 2 fully saturated rings. The van der Waals surface area contributed by atoms with Crippen LogP contribution in [0.4, 0.5) is 13.2 Å². The van der Waals surface area contributed by atoms with Crippen LogP contribution >= 0.6 is 0 Å². The first-order valence-corrected chi connectivity index (χ1v) is 7.94. The molecule has 1 aliphatic carbocycles. The zero-order chi connectivity index (χ0) is 15.5. The normalized spacial score (nSPS) is 32.1. The van der Waals surface area contributed by atoms with Gasteiger partial charge in [-0.3, -0.25) is 4.90 Å². The van der Waals surface area contributed by atoms with Gasteiger partial charge in [0.2, 0.25) is 0 Å². The standard InChI is InChI=1S/C15H27F3N2O/c1-12-6-7-19-14(2,13-4-5-13)10-20(12)8-3-9-21-11-15(16,17)18/h12-13,19H,3-11H2,1-2H3. The predicted octanol–water partition coefficient (Wildman–Crippen LogP) is 2.81. The fourth-order valence-electron chi connectivity index (χ4n) is 3.23. The third-order valence-electron chi connectivity index (χ3n) is 4.72. The minimum absolute atomic E-state index is 0.164. The first kappa shape index (κ1) is 17.0. The van der Waals surface area contributed by atoms with Crippen LogP contribution in [0.25, 0.3) is 0 Å². The van der Waals surface area contributed by atoms with Crippen LogP contribution < -0.4 is 5.32 Å². The second kappa shape index (κ2) is 6.84. The van der Waals surface area contributed by atoms with E-state index in [2.05, 4.69) is 24.1 Å². The number of halogens is 3. The molecule has 6 heteroatoms. The molecule has 1 heterocycles. The molecule has 0 amide bonds. The highest BCUT2D eigenvalue weighted by Crippen LogP contribution is 2.41. The molecule has 1 saturated carbocycles. The zero-order valence-corrected chi connectivity index (χ0v) is 13.0. The van der Waals surface area contributed by atoms with Crippen LogP contribution in [0, 0.1) is 5.92 Å². The Morgan fingerprint density at radius 1 is 1.29 bits per heavy atom. The van der Waals surface area contributed by atoms with Gasteiger partial charge >= 0.3 is 6.18 Å². The van der Waals surface area contributed by atoms with Gasteiger partial charge in [0.15, 0.2) is 0 Å². The summed E-state index contributed by atoms with van der Waals surface area (Å²) in [6.45, 7) is 6.35. The van der Waals surface area contributed by atoms with Gasteiger partial charge in [-0.25, -0.2) is 0 Å². The number of nitrogens with zero attached hydrogens (tertiary/aromatic N) is 1. The van der Waals surface area contributed by atoms with Gasteiger partial charge in [-0.15, -0.1) is 0 Å². The van der Waals surface area contributed by atoms with Crippen molar-refractivity contribution < 1.29 is 17.9 Å². The maximum absolute atomic E-state index is 12.0. The van der Waals surface area contributed by atoms with E-state index in [1.165, 1.54) is 12.8 Å². The summed E-state index contributed by atoms with van der Waals surface area (Å²) in [6, 6.07) is 0.473. The molecule has 0 aromatic carbocycles. The van der Waals surface area contributed by atoms with Crippen molar-refractivity contribution in [3.8, 4) is 0 Å². The summed E-state index contributed by atoms with van der Waals surface area (Å²) in [7, 11) is 0. The number of rotatable bonds is 6. The van der Waals surface area contributed by atoms with Gasteiger partial charge in [-0.1, -0.05) is 0 Å². The van der Waals surface area contributed by atoms with Crippen LogP contribution in [0.15, 0.2) is 0 Å². The lowest BCUT2D eigenvalue weighted by Gasteiger charge is -2.36. The Hall–Kier alpha value is -0.330. The molecule has 0 aromatic rings. The third-order valence-corrected chi connectivity index (χ3v) is 4.72. The molecule has 1 saturated heterocycles. The SMILES string of the molecule is CC1CCNC(C)(C2CC2)CN1CCCOCC(F)(F)F. The molecule has 1 aliphatic heterocycles. The highest BCUT2D eigenvalue weighted by Gasteiger charge is 2.43. The van der Waals surface area contributed by atoms with Crippen molar-refractivity contribution in [3.05, 3.63) is 0 Å². The Balaban J connectivity index is 1.74. The highest BCUT2D eigenvalue weighted by atomic mass is 19.4. The number of hydrogen-bond acceptors (Lipinski definition) is 3. The summed E-state index contributed by atoms with van der Waals surface area (Å²) < 4.78 is 40.7. The van der Waals surface area contributed by atoms with Crippen LogP contribution in [-0.4, -0.2) is 55.5 Å². The Morgan fingerprint density at radius 3 is 2.62 bits per heavy atom. The second-order valence-corrected chi connectivity index (χ2v) is 6.75. The largest absolute Gasteiger partial charge is 0.411 e. The van der Waals surface area contributed by atoms with Crippen molar-refractivity contribution in [1.29, 1.82) is 0 Å². The average molecular weight is 308 g/mol. The van der Waals surface area contributed by atoms with Gasteiger partial charge in [0.05, 0.1) is 0 Å². The van der Waals surface area contributed by atoms with Crippen LogP contribution in [0.1, 0.15) is 39.5 Å². The second-order valence-electron chi connectivity index (χ2n) is 6.75. The van der Waals surface area contributed by atoms with E-state index in [9.17, 15) is 13.2 Å². The van der Waals surface area contributed by atoms with Crippen molar-refractivity contribution >= 4 is 0 Å². The van der Waals surface area contributed by atoms with Crippen LogP contribution in [0.3, 0.4) is 0 Å². The van der Waals surface area contributed by atoms with Crippen molar-refractivity contribution in [2.24, 2.45) is 5.92 Å². The number of alkyl halides is 3. The first-order chi connectivity index (χ1) is 9.80. The maximum Gasteiger partial charge on any atom is 0.411 e. The fourth-order valence-corrected chi connectivity index (χ4v) is 3.23. The zero-order valence-electron chi connectivity index (χ0n) is 13.0. The van der Waals surface area contributed by atoms with E-state index in [-0.39, 0.29) is 12.1 Å². The topological polar surface area (TPSA) is 24.5 Å². The van der Waals surface area contributed by atoms with Gasteiger partial charge in [0, 0.05) is 31.3 Å². The summed E-state index contributed by atoms with van der Waals surface area (Å²) >= 11 is 0. The van der Waals surface area contributed by atoms with E-state index in [4.69, 9.17) is 4.74 Å². The molecule has 2 rings (SSSR count). The minimum Gasteiger partial charge on any atom is -0.372 e. The van der Waals surface area contributed by atoms with E-state index < -0.39 is 12.8 Å². The lowest BCUT2D eigenvalue weighted by atomic mass is 9.95. The Kier molecular flexibility index (Phi) is 5.54. The Morgan fingerprint density at radius 2 is 2.00 bits per heavy atom. The van der Waals surface area contributed by atoms with Crippen LogP contribution in [0.2, 0.25) is 0 Å². The monoisotopic (exact) mass is 308 g/mol. The van der Waals surface area contributed by atoms with Crippen molar-refractivity contribution in [2.75, 3.05) is 32.8 Å². The number of ether oxygens (including phenoxy) is 1. The molecule has 3 nitrogen and oxygen atoms in total. The van der Waals surface area contributed by atoms with E-state index in [1.807, 2.05) is 0 Å². The number of nitrogens with one attached hydrogen (secondary N) is 1. The van der Waals surface area contributed by atoms with Gasteiger partial charge in [-0.2, -0.15) is 13.2 Å². The lowest BCUT2D eigenvalue weighted by Crippen LogP contribution is -2.51. The summed E-state index contributed by atoms with van der Waals surface area (Å²) in [4.78, 5) is 2.41. The van der Waals surface area contributed by atoms with Gasteiger partial charge in [-0.05, 0) is 52.0 Å². The van der Waals surface area contributed by atoms with E-state index in [1.54, 1.807) is 0 Å². The Bertz CT molecular complexity index is 333. The summed E-state index contributed by atoms with van der Waals surface area (Å²) in [6.07, 6.45) is 0.109. The molecular weight excluding hydrogens is 281 g/mol. The van der Waals surface area contributed by atoms with E-state index in [0.29, 0.717) is 12.5 Å². The molecular formula is C15H27F3N2O. The molecule has 2 atom stereocenters. The molecule has 124 valence electrons. The number of hydrogen-bond donors (Lipinski definition) is 1. The molecule has 21 heavy (non-hydrogen) atoms.